The normalized spacial score (nSPS) is 13.9. The minimum absolute atomic E-state index is 0.242. The Morgan fingerprint density at radius 2 is 1.14 bits per heavy atom. The minimum atomic E-state index is 0.242. The average molecular weight is 624 g/mol. The highest BCUT2D eigenvalue weighted by Crippen LogP contribution is 2.49. The molecule has 1 unspecified atom stereocenters. The van der Waals surface area contributed by atoms with E-state index in [2.05, 4.69) is 179 Å². The Morgan fingerprint density at radius 1 is 0.469 bits per heavy atom. The molecule has 1 aliphatic carbocycles. The van der Waals surface area contributed by atoms with Gasteiger partial charge in [-0.2, -0.15) is 0 Å². The molecule has 1 atom stereocenters. The van der Waals surface area contributed by atoms with Crippen molar-refractivity contribution >= 4 is 49.4 Å². The van der Waals surface area contributed by atoms with E-state index >= 15 is 0 Å². The standard InChI is InChI=1S/C46H29N3/c1-3-13-29(14-4-1)43-34-18-8-7-17-33(34)38-27-30(23-25-36(38)43)31-24-26-41-39(28-31)44-35-19-9-10-20-37(35)45-47-40-21-11-12-22-42(40)49(45)46(44)48(41)32-15-5-2-6-16-32/h1-28,43H. The molecule has 0 spiro atoms. The van der Waals surface area contributed by atoms with E-state index in [4.69, 9.17) is 4.98 Å². The van der Waals surface area contributed by atoms with Crippen LogP contribution in [0, 0.1) is 0 Å². The molecule has 0 N–H and O–H groups in total. The van der Waals surface area contributed by atoms with E-state index in [0.29, 0.717) is 0 Å². The summed E-state index contributed by atoms with van der Waals surface area (Å²) in [5.74, 6) is 0.242. The van der Waals surface area contributed by atoms with E-state index in [1.165, 1.54) is 60.6 Å². The summed E-state index contributed by atoms with van der Waals surface area (Å²) in [6.45, 7) is 0. The summed E-state index contributed by atoms with van der Waals surface area (Å²) in [7, 11) is 0. The van der Waals surface area contributed by atoms with Crippen molar-refractivity contribution < 1.29 is 0 Å². The van der Waals surface area contributed by atoms with Gasteiger partial charge in [0.2, 0.25) is 0 Å². The van der Waals surface area contributed by atoms with Gasteiger partial charge in [0.15, 0.2) is 0 Å². The number of nitrogens with zero attached hydrogens (tertiary/aromatic N) is 3. The molecule has 3 heteroatoms. The van der Waals surface area contributed by atoms with Crippen LogP contribution in [-0.4, -0.2) is 14.0 Å². The molecule has 228 valence electrons. The van der Waals surface area contributed by atoms with Crippen LogP contribution in [-0.2, 0) is 0 Å². The van der Waals surface area contributed by atoms with Gasteiger partial charge in [-0.15, -0.1) is 0 Å². The molecule has 0 bridgehead atoms. The summed E-state index contributed by atoms with van der Waals surface area (Å²) in [5.41, 5.74) is 15.7. The van der Waals surface area contributed by atoms with Crippen LogP contribution in [0.5, 0.6) is 0 Å². The van der Waals surface area contributed by atoms with Gasteiger partial charge in [0, 0.05) is 27.8 Å². The number of para-hydroxylation sites is 3. The predicted octanol–water partition coefficient (Wildman–Crippen LogP) is 11.6. The molecule has 0 saturated carbocycles. The van der Waals surface area contributed by atoms with E-state index in [1.54, 1.807) is 0 Å². The second-order valence-electron chi connectivity index (χ2n) is 13.1. The monoisotopic (exact) mass is 623 g/mol. The Kier molecular flexibility index (Phi) is 5.44. The van der Waals surface area contributed by atoms with Crippen molar-refractivity contribution in [1.82, 2.24) is 14.0 Å². The maximum absolute atomic E-state index is 5.19. The third kappa shape index (κ3) is 3.70. The Hall–Kier alpha value is -6.45. The summed E-state index contributed by atoms with van der Waals surface area (Å²) in [6, 6.07) is 61.9. The van der Waals surface area contributed by atoms with E-state index in [0.717, 1.165) is 33.4 Å². The SMILES string of the molecule is c1ccc(C2c3ccccc3-c3cc(-c4ccc5c(c4)c4c6ccccc6c6nc7ccccc7n6c4n5-c4ccccc4)ccc32)cc1. The topological polar surface area (TPSA) is 22.2 Å². The van der Waals surface area contributed by atoms with Gasteiger partial charge >= 0.3 is 0 Å². The van der Waals surface area contributed by atoms with Gasteiger partial charge in [-0.3, -0.25) is 8.97 Å². The number of rotatable bonds is 3. The Bertz CT molecular complexity index is 2930. The third-order valence-electron chi connectivity index (χ3n) is 10.6. The van der Waals surface area contributed by atoms with Crippen molar-refractivity contribution in [2.75, 3.05) is 0 Å². The van der Waals surface area contributed by atoms with Gasteiger partial charge in [0.1, 0.15) is 11.3 Å². The van der Waals surface area contributed by atoms with Crippen LogP contribution in [0.1, 0.15) is 22.6 Å². The molecule has 3 heterocycles. The van der Waals surface area contributed by atoms with Gasteiger partial charge < -0.3 is 0 Å². The molecule has 49 heavy (non-hydrogen) atoms. The molecule has 7 aromatic carbocycles. The number of aromatic nitrogens is 3. The lowest BCUT2D eigenvalue weighted by Gasteiger charge is -2.14. The summed E-state index contributed by atoms with van der Waals surface area (Å²) >= 11 is 0. The van der Waals surface area contributed by atoms with Gasteiger partial charge in [-0.25, -0.2) is 4.98 Å². The summed E-state index contributed by atoms with van der Waals surface area (Å²) in [5, 5.41) is 4.84. The van der Waals surface area contributed by atoms with Crippen LogP contribution in [0.15, 0.2) is 170 Å². The fraction of sp³-hybridized carbons (Fsp3) is 0.0217. The zero-order valence-electron chi connectivity index (χ0n) is 26.6. The Labute approximate surface area is 283 Å². The van der Waals surface area contributed by atoms with E-state index < -0.39 is 0 Å². The number of fused-ring (bicyclic) bond motifs is 13. The molecule has 3 aromatic heterocycles. The van der Waals surface area contributed by atoms with Crippen molar-refractivity contribution in [3.63, 3.8) is 0 Å². The highest BCUT2D eigenvalue weighted by atomic mass is 15.1. The van der Waals surface area contributed by atoms with Crippen molar-refractivity contribution in [3.05, 3.63) is 187 Å². The lowest BCUT2D eigenvalue weighted by Crippen LogP contribution is -1.99. The summed E-state index contributed by atoms with van der Waals surface area (Å²) in [6.07, 6.45) is 0. The first-order chi connectivity index (χ1) is 24.3. The summed E-state index contributed by atoms with van der Waals surface area (Å²) < 4.78 is 4.79. The maximum atomic E-state index is 5.19. The molecular weight excluding hydrogens is 595 g/mol. The van der Waals surface area contributed by atoms with E-state index in [-0.39, 0.29) is 5.92 Å². The van der Waals surface area contributed by atoms with E-state index in [9.17, 15) is 0 Å². The predicted molar refractivity (Wildman–Crippen MR) is 203 cm³/mol. The third-order valence-corrected chi connectivity index (χ3v) is 10.6. The van der Waals surface area contributed by atoms with E-state index in [1.807, 2.05) is 0 Å². The molecule has 0 aliphatic heterocycles. The van der Waals surface area contributed by atoms with Crippen LogP contribution < -0.4 is 0 Å². The number of benzene rings is 7. The van der Waals surface area contributed by atoms with Gasteiger partial charge in [0.05, 0.1) is 16.6 Å². The number of hydrogen-bond acceptors (Lipinski definition) is 1. The number of hydrogen-bond donors (Lipinski definition) is 0. The largest absolute Gasteiger partial charge is 0.295 e. The van der Waals surface area contributed by atoms with Crippen LogP contribution in [0.4, 0.5) is 0 Å². The molecule has 0 radical (unpaired) electrons. The Balaban J connectivity index is 1.22. The highest BCUT2D eigenvalue weighted by molar-refractivity contribution is 6.24. The van der Waals surface area contributed by atoms with Crippen LogP contribution >= 0.6 is 0 Å². The van der Waals surface area contributed by atoms with Crippen LogP contribution in [0.25, 0.3) is 77.3 Å². The first-order valence-electron chi connectivity index (χ1n) is 16.9. The molecule has 11 rings (SSSR count). The zero-order valence-corrected chi connectivity index (χ0v) is 26.6. The molecule has 0 fully saturated rings. The first kappa shape index (κ1) is 26.6. The lowest BCUT2D eigenvalue weighted by atomic mass is 9.89. The average Bonchev–Trinajstić information content (AvgIpc) is 3.83. The second kappa shape index (κ2) is 10.0. The van der Waals surface area contributed by atoms with Gasteiger partial charge in [-0.1, -0.05) is 127 Å². The van der Waals surface area contributed by atoms with Crippen molar-refractivity contribution in [2.24, 2.45) is 0 Å². The molecule has 0 saturated heterocycles. The molecule has 3 nitrogen and oxygen atoms in total. The smallest absolute Gasteiger partial charge is 0.147 e. The molecule has 10 aromatic rings. The lowest BCUT2D eigenvalue weighted by molar-refractivity contribution is 1.02. The fourth-order valence-corrected chi connectivity index (χ4v) is 8.48. The van der Waals surface area contributed by atoms with Crippen molar-refractivity contribution in [2.45, 2.75) is 5.92 Å². The molecule has 1 aliphatic rings. The first-order valence-corrected chi connectivity index (χ1v) is 16.9. The van der Waals surface area contributed by atoms with Gasteiger partial charge in [0.25, 0.3) is 0 Å². The number of pyridine rings is 1. The minimum Gasteiger partial charge on any atom is -0.295 e. The van der Waals surface area contributed by atoms with Crippen LogP contribution in [0.2, 0.25) is 0 Å². The second-order valence-corrected chi connectivity index (χ2v) is 13.1. The molecule has 0 amide bonds. The van der Waals surface area contributed by atoms with Crippen molar-refractivity contribution in [3.8, 4) is 27.9 Å². The highest BCUT2D eigenvalue weighted by Gasteiger charge is 2.30. The fourth-order valence-electron chi connectivity index (χ4n) is 8.48. The van der Waals surface area contributed by atoms with Crippen LogP contribution in [0.3, 0.4) is 0 Å². The Morgan fingerprint density at radius 3 is 2.02 bits per heavy atom. The van der Waals surface area contributed by atoms with Crippen molar-refractivity contribution in [1.29, 1.82) is 0 Å². The summed E-state index contributed by atoms with van der Waals surface area (Å²) in [4.78, 5) is 5.19. The quantitative estimate of drug-likeness (QED) is 0.192. The maximum Gasteiger partial charge on any atom is 0.147 e. The number of imidazole rings is 1. The molecular formula is C46H29N3. The zero-order chi connectivity index (χ0) is 32.1. The van der Waals surface area contributed by atoms with Gasteiger partial charge in [-0.05, 0) is 86.8 Å².